The summed E-state index contributed by atoms with van der Waals surface area (Å²) in [7, 11) is 1.87. The van der Waals surface area contributed by atoms with Gasteiger partial charge < -0.3 is 10.2 Å². The van der Waals surface area contributed by atoms with Gasteiger partial charge in [0.1, 0.15) is 0 Å². The highest BCUT2D eigenvalue weighted by atomic mass is 127. The lowest BCUT2D eigenvalue weighted by Gasteiger charge is -2.37. The second-order valence-corrected chi connectivity index (χ2v) is 7.00. The number of hydrogen-bond donors (Lipinski definition) is 1. The van der Waals surface area contributed by atoms with E-state index in [0.717, 1.165) is 48.9 Å². The molecule has 6 heteroatoms. The summed E-state index contributed by atoms with van der Waals surface area (Å²) in [4.78, 5) is 11.3. The predicted molar refractivity (Wildman–Crippen MR) is 102 cm³/mol. The average molecular weight is 422 g/mol. The first-order chi connectivity index (χ1) is 9.58. The van der Waals surface area contributed by atoms with Crippen molar-refractivity contribution in [1.29, 1.82) is 0 Å². The van der Waals surface area contributed by atoms with Crippen LogP contribution in [-0.2, 0) is 6.42 Å². The van der Waals surface area contributed by atoms with E-state index in [1.165, 1.54) is 12.1 Å². The Bertz CT molecular complexity index is 450. The van der Waals surface area contributed by atoms with Crippen LogP contribution in [0, 0.1) is 18.8 Å². The molecule has 2 unspecified atom stereocenters. The van der Waals surface area contributed by atoms with Crippen LogP contribution < -0.4 is 5.32 Å². The van der Waals surface area contributed by atoms with Gasteiger partial charge in [-0.25, -0.2) is 4.98 Å². The monoisotopic (exact) mass is 422 g/mol. The van der Waals surface area contributed by atoms with Crippen molar-refractivity contribution < 1.29 is 0 Å². The van der Waals surface area contributed by atoms with Gasteiger partial charge in [0.25, 0.3) is 0 Å². The molecule has 0 bridgehead atoms. The summed E-state index contributed by atoms with van der Waals surface area (Å²) in [6.45, 7) is 9.83. The molecule has 1 saturated heterocycles. The quantitative estimate of drug-likeness (QED) is 0.462. The number of guanidine groups is 1. The standard InChI is InChI=1S/C15H26N4S.HI/c1-11-7-12(2)9-19(8-11)15(16-4)17-6-5-14-10-20-13(3)18-14;/h10-12H,5-9H2,1-4H3,(H,16,17);1H. The lowest BCUT2D eigenvalue weighted by Crippen LogP contribution is -2.48. The van der Waals surface area contributed by atoms with Crippen molar-refractivity contribution in [3.63, 3.8) is 0 Å². The van der Waals surface area contributed by atoms with Gasteiger partial charge in [-0.3, -0.25) is 4.99 Å². The van der Waals surface area contributed by atoms with Gasteiger partial charge in [0.2, 0.25) is 0 Å². The van der Waals surface area contributed by atoms with E-state index in [0.29, 0.717) is 0 Å². The smallest absolute Gasteiger partial charge is 0.193 e. The zero-order valence-corrected chi connectivity index (χ0v) is 16.6. The maximum atomic E-state index is 4.50. The molecule has 0 aliphatic carbocycles. The third kappa shape index (κ3) is 5.73. The van der Waals surface area contributed by atoms with Crippen LogP contribution in [0.1, 0.15) is 31.0 Å². The van der Waals surface area contributed by atoms with Crippen LogP contribution in [0.25, 0.3) is 0 Å². The molecule has 2 heterocycles. The van der Waals surface area contributed by atoms with E-state index >= 15 is 0 Å². The number of nitrogens with one attached hydrogen (secondary N) is 1. The minimum atomic E-state index is 0. The van der Waals surface area contributed by atoms with Crippen molar-refractivity contribution >= 4 is 41.3 Å². The molecule has 1 aromatic rings. The number of aliphatic imine (C=N–C) groups is 1. The molecule has 120 valence electrons. The molecule has 1 fully saturated rings. The number of hydrogen-bond acceptors (Lipinski definition) is 3. The third-order valence-electron chi connectivity index (χ3n) is 3.71. The van der Waals surface area contributed by atoms with Crippen LogP contribution in [0.15, 0.2) is 10.4 Å². The van der Waals surface area contributed by atoms with Crippen molar-refractivity contribution in [2.45, 2.75) is 33.6 Å². The summed E-state index contributed by atoms with van der Waals surface area (Å²) in [6.07, 6.45) is 2.29. The van der Waals surface area contributed by atoms with E-state index in [1.807, 2.05) is 7.05 Å². The number of thiazole rings is 1. The van der Waals surface area contributed by atoms with Gasteiger partial charge in [-0.1, -0.05) is 13.8 Å². The lowest BCUT2D eigenvalue weighted by atomic mass is 9.92. The zero-order chi connectivity index (χ0) is 14.5. The molecule has 0 aromatic carbocycles. The summed E-state index contributed by atoms with van der Waals surface area (Å²) in [5, 5.41) is 6.76. The maximum absolute atomic E-state index is 4.50. The first-order valence-electron chi connectivity index (χ1n) is 7.45. The molecule has 1 N–H and O–H groups in total. The van der Waals surface area contributed by atoms with Gasteiger partial charge >= 0.3 is 0 Å². The van der Waals surface area contributed by atoms with Crippen LogP contribution in [0.5, 0.6) is 0 Å². The fraction of sp³-hybridized carbons (Fsp3) is 0.733. The lowest BCUT2D eigenvalue weighted by molar-refractivity contribution is 0.208. The molecule has 1 aliphatic heterocycles. The van der Waals surface area contributed by atoms with Gasteiger partial charge in [-0.05, 0) is 25.2 Å². The molecular weight excluding hydrogens is 395 g/mol. The molecule has 1 aromatic heterocycles. The Morgan fingerprint density at radius 2 is 2.10 bits per heavy atom. The highest BCUT2D eigenvalue weighted by molar-refractivity contribution is 14.0. The fourth-order valence-electron chi connectivity index (χ4n) is 2.99. The fourth-order valence-corrected chi connectivity index (χ4v) is 3.64. The Kier molecular flexibility index (Phi) is 7.94. The third-order valence-corrected chi connectivity index (χ3v) is 4.53. The summed E-state index contributed by atoms with van der Waals surface area (Å²) >= 11 is 1.72. The van der Waals surface area contributed by atoms with Crippen LogP contribution in [0.2, 0.25) is 0 Å². The molecule has 0 saturated carbocycles. The number of likely N-dealkylation sites (tertiary alicyclic amines) is 1. The summed E-state index contributed by atoms with van der Waals surface area (Å²) < 4.78 is 0. The molecule has 21 heavy (non-hydrogen) atoms. The minimum Gasteiger partial charge on any atom is -0.356 e. The first-order valence-corrected chi connectivity index (χ1v) is 8.33. The molecule has 2 rings (SSSR count). The highest BCUT2D eigenvalue weighted by Gasteiger charge is 2.23. The highest BCUT2D eigenvalue weighted by Crippen LogP contribution is 2.20. The van der Waals surface area contributed by atoms with Gasteiger partial charge in [0.05, 0.1) is 10.7 Å². The van der Waals surface area contributed by atoms with Crippen molar-refractivity contribution in [2.24, 2.45) is 16.8 Å². The van der Waals surface area contributed by atoms with Crippen LogP contribution in [0.4, 0.5) is 0 Å². The van der Waals surface area contributed by atoms with E-state index < -0.39 is 0 Å². The predicted octanol–water partition coefficient (Wildman–Crippen LogP) is 3.17. The summed E-state index contributed by atoms with van der Waals surface area (Å²) in [6, 6.07) is 0. The Morgan fingerprint density at radius 3 is 2.62 bits per heavy atom. The Labute approximate surface area is 149 Å². The zero-order valence-electron chi connectivity index (χ0n) is 13.4. The SMILES string of the molecule is CN=C(NCCc1csc(C)n1)N1CC(C)CC(C)C1.I. The van der Waals surface area contributed by atoms with Crippen LogP contribution in [0.3, 0.4) is 0 Å². The summed E-state index contributed by atoms with van der Waals surface area (Å²) in [5.74, 6) is 2.53. The molecular formula is C15H27IN4S. The average Bonchev–Trinajstić information content (AvgIpc) is 2.79. The minimum absolute atomic E-state index is 0. The Balaban J connectivity index is 0.00000220. The summed E-state index contributed by atoms with van der Waals surface area (Å²) in [5.41, 5.74) is 1.18. The van der Waals surface area contributed by atoms with Crippen LogP contribution in [-0.4, -0.2) is 42.5 Å². The van der Waals surface area contributed by atoms with Crippen molar-refractivity contribution in [2.75, 3.05) is 26.7 Å². The molecule has 0 radical (unpaired) electrons. The molecule has 2 atom stereocenters. The number of rotatable bonds is 3. The molecule has 0 amide bonds. The number of aryl methyl sites for hydroxylation is 1. The van der Waals surface area contributed by atoms with Crippen molar-refractivity contribution in [3.8, 4) is 0 Å². The van der Waals surface area contributed by atoms with Crippen molar-refractivity contribution in [3.05, 3.63) is 16.1 Å². The van der Waals surface area contributed by atoms with Gasteiger partial charge in [0.15, 0.2) is 5.96 Å². The number of nitrogens with zero attached hydrogens (tertiary/aromatic N) is 3. The second kappa shape index (κ2) is 8.92. The van der Waals surface area contributed by atoms with Crippen LogP contribution >= 0.6 is 35.3 Å². The van der Waals surface area contributed by atoms with Gasteiger partial charge in [-0.2, -0.15) is 0 Å². The van der Waals surface area contributed by atoms with E-state index in [2.05, 4.69) is 46.3 Å². The van der Waals surface area contributed by atoms with Gasteiger partial charge in [0, 0.05) is 38.5 Å². The Hall–Kier alpha value is -0.370. The molecule has 4 nitrogen and oxygen atoms in total. The molecule has 0 spiro atoms. The number of aromatic nitrogens is 1. The van der Waals surface area contributed by atoms with E-state index in [-0.39, 0.29) is 24.0 Å². The maximum Gasteiger partial charge on any atom is 0.193 e. The first kappa shape index (κ1) is 18.7. The van der Waals surface area contributed by atoms with E-state index in [9.17, 15) is 0 Å². The van der Waals surface area contributed by atoms with E-state index in [1.54, 1.807) is 11.3 Å². The number of halogens is 1. The van der Waals surface area contributed by atoms with Crippen molar-refractivity contribution in [1.82, 2.24) is 15.2 Å². The second-order valence-electron chi connectivity index (χ2n) is 5.93. The topological polar surface area (TPSA) is 40.5 Å². The largest absolute Gasteiger partial charge is 0.356 e. The Morgan fingerprint density at radius 1 is 1.43 bits per heavy atom. The van der Waals surface area contributed by atoms with E-state index in [4.69, 9.17) is 0 Å². The normalized spacial score (nSPS) is 22.9. The van der Waals surface area contributed by atoms with Gasteiger partial charge in [-0.15, -0.1) is 35.3 Å². The molecule has 1 aliphatic rings. The number of piperidine rings is 1.